The lowest BCUT2D eigenvalue weighted by Gasteiger charge is -2.22. The fourth-order valence-corrected chi connectivity index (χ4v) is 3.16. The van der Waals surface area contributed by atoms with E-state index >= 15 is 0 Å². The lowest BCUT2D eigenvalue weighted by atomic mass is 10.1. The van der Waals surface area contributed by atoms with Gasteiger partial charge in [-0.1, -0.05) is 11.3 Å². The second kappa shape index (κ2) is 7.05. The van der Waals surface area contributed by atoms with Crippen LogP contribution in [0.3, 0.4) is 0 Å². The van der Waals surface area contributed by atoms with Crippen molar-refractivity contribution < 1.29 is 0 Å². The molecule has 9 heteroatoms. The molecule has 0 saturated heterocycles. The quantitative estimate of drug-likeness (QED) is 0.662. The molecule has 3 heterocycles. The predicted octanol–water partition coefficient (Wildman–Crippen LogP) is 0.667. The summed E-state index contributed by atoms with van der Waals surface area (Å²) in [5.41, 5.74) is 7.92. The molecule has 0 fully saturated rings. The zero-order valence-electron chi connectivity index (χ0n) is 13.5. The Kier molecular flexibility index (Phi) is 4.87. The van der Waals surface area contributed by atoms with Gasteiger partial charge in [-0.2, -0.15) is 4.98 Å². The minimum absolute atomic E-state index is 0.529. The molecular formula is C14H22N8S. The largest absolute Gasteiger partial charge is 0.374 e. The second-order valence-electron chi connectivity index (χ2n) is 5.68. The lowest BCUT2D eigenvalue weighted by molar-refractivity contribution is 0.623. The molecule has 0 bridgehead atoms. The SMILES string of the molecule is CN(C)c1nc2c(c(NCCCc3nnc(N)s3)n1)CCNC2. The number of aromatic nitrogens is 4. The average Bonchev–Trinajstić information content (AvgIpc) is 2.96. The fourth-order valence-electron chi connectivity index (χ4n) is 2.51. The Morgan fingerprint density at radius 1 is 1.30 bits per heavy atom. The first-order valence-corrected chi connectivity index (χ1v) is 8.54. The van der Waals surface area contributed by atoms with E-state index in [4.69, 9.17) is 5.73 Å². The number of anilines is 3. The van der Waals surface area contributed by atoms with Gasteiger partial charge in [-0.15, -0.1) is 10.2 Å². The Morgan fingerprint density at radius 2 is 2.17 bits per heavy atom. The summed E-state index contributed by atoms with van der Waals surface area (Å²) in [6.07, 6.45) is 2.79. The molecule has 0 atom stereocenters. The number of nitrogens with two attached hydrogens (primary N) is 1. The van der Waals surface area contributed by atoms with E-state index in [2.05, 4.69) is 30.8 Å². The maximum atomic E-state index is 5.60. The summed E-state index contributed by atoms with van der Waals surface area (Å²) >= 11 is 1.45. The molecule has 2 aromatic rings. The highest BCUT2D eigenvalue weighted by molar-refractivity contribution is 7.15. The predicted molar refractivity (Wildman–Crippen MR) is 92.9 cm³/mol. The first-order chi connectivity index (χ1) is 11.1. The van der Waals surface area contributed by atoms with Crippen molar-refractivity contribution >= 4 is 28.2 Å². The average molecular weight is 334 g/mol. The number of nitrogens with zero attached hydrogens (tertiary/aromatic N) is 5. The minimum Gasteiger partial charge on any atom is -0.374 e. The van der Waals surface area contributed by atoms with Crippen LogP contribution in [0, 0.1) is 0 Å². The number of hydrogen-bond acceptors (Lipinski definition) is 9. The van der Waals surface area contributed by atoms with Gasteiger partial charge in [-0.05, 0) is 19.4 Å². The van der Waals surface area contributed by atoms with E-state index in [0.717, 1.165) is 61.4 Å². The zero-order chi connectivity index (χ0) is 16.2. The molecule has 3 rings (SSSR count). The molecule has 0 aromatic carbocycles. The number of nitrogens with one attached hydrogen (secondary N) is 2. The van der Waals surface area contributed by atoms with Crippen LogP contribution in [0.4, 0.5) is 16.9 Å². The molecule has 8 nitrogen and oxygen atoms in total. The van der Waals surface area contributed by atoms with Gasteiger partial charge in [-0.3, -0.25) is 0 Å². The molecule has 0 unspecified atom stereocenters. The third-order valence-corrected chi connectivity index (χ3v) is 4.48. The summed E-state index contributed by atoms with van der Waals surface area (Å²) in [4.78, 5) is 11.2. The smallest absolute Gasteiger partial charge is 0.227 e. The van der Waals surface area contributed by atoms with Crippen LogP contribution in [0.25, 0.3) is 0 Å². The van der Waals surface area contributed by atoms with Gasteiger partial charge in [-0.25, -0.2) is 4.98 Å². The Bertz CT molecular complexity index is 669. The van der Waals surface area contributed by atoms with Gasteiger partial charge >= 0.3 is 0 Å². The van der Waals surface area contributed by atoms with E-state index in [0.29, 0.717) is 5.13 Å². The summed E-state index contributed by atoms with van der Waals surface area (Å²) < 4.78 is 0. The molecule has 0 aliphatic carbocycles. The second-order valence-corrected chi connectivity index (χ2v) is 6.78. The topological polar surface area (TPSA) is 105 Å². The highest BCUT2D eigenvalue weighted by atomic mass is 32.1. The highest BCUT2D eigenvalue weighted by Crippen LogP contribution is 2.23. The summed E-state index contributed by atoms with van der Waals surface area (Å²) in [5.74, 6) is 1.70. The van der Waals surface area contributed by atoms with Crippen LogP contribution in [0.2, 0.25) is 0 Å². The van der Waals surface area contributed by atoms with Crippen molar-refractivity contribution in [2.45, 2.75) is 25.8 Å². The minimum atomic E-state index is 0.529. The Hall–Kier alpha value is -2.00. The van der Waals surface area contributed by atoms with Crippen LogP contribution >= 0.6 is 11.3 Å². The molecule has 23 heavy (non-hydrogen) atoms. The molecule has 2 aromatic heterocycles. The number of aryl methyl sites for hydroxylation is 1. The van der Waals surface area contributed by atoms with Gasteiger partial charge in [0.05, 0.1) is 5.69 Å². The normalized spacial score (nSPS) is 13.7. The molecule has 0 amide bonds. The van der Waals surface area contributed by atoms with E-state index < -0.39 is 0 Å². The number of rotatable bonds is 6. The first kappa shape index (κ1) is 15.9. The van der Waals surface area contributed by atoms with Gasteiger partial charge in [0.1, 0.15) is 10.8 Å². The van der Waals surface area contributed by atoms with E-state index in [1.165, 1.54) is 16.9 Å². The van der Waals surface area contributed by atoms with Gasteiger partial charge in [0, 0.05) is 39.2 Å². The molecule has 0 saturated carbocycles. The summed E-state index contributed by atoms with van der Waals surface area (Å²) in [6.45, 7) is 2.61. The fraction of sp³-hybridized carbons (Fsp3) is 0.571. The van der Waals surface area contributed by atoms with Crippen molar-refractivity contribution in [1.82, 2.24) is 25.5 Å². The van der Waals surface area contributed by atoms with Gasteiger partial charge in [0.2, 0.25) is 11.1 Å². The Labute approximate surface area is 139 Å². The van der Waals surface area contributed by atoms with Gasteiger partial charge in [0.25, 0.3) is 0 Å². The third kappa shape index (κ3) is 3.85. The van der Waals surface area contributed by atoms with Crippen LogP contribution in [0.1, 0.15) is 22.7 Å². The number of fused-ring (bicyclic) bond motifs is 1. The van der Waals surface area contributed by atoms with Crippen LogP contribution in [0.5, 0.6) is 0 Å². The molecule has 0 spiro atoms. The van der Waals surface area contributed by atoms with E-state index in [1.807, 2.05) is 19.0 Å². The number of hydrogen-bond donors (Lipinski definition) is 3. The standard InChI is InChI=1S/C14H22N8S/c1-22(2)14-18-10-8-16-7-5-9(10)12(19-14)17-6-3-4-11-20-21-13(15)23-11/h16H,3-8H2,1-2H3,(H2,15,21)(H,17,18,19). The van der Waals surface area contributed by atoms with Crippen molar-refractivity contribution in [2.24, 2.45) is 0 Å². The summed E-state index contributed by atoms with van der Waals surface area (Å²) in [5, 5.41) is 16.2. The van der Waals surface area contributed by atoms with E-state index in [1.54, 1.807) is 0 Å². The maximum Gasteiger partial charge on any atom is 0.227 e. The molecule has 1 aliphatic rings. The zero-order valence-corrected chi connectivity index (χ0v) is 14.3. The van der Waals surface area contributed by atoms with Crippen molar-refractivity contribution in [2.75, 3.05) is 43.1 Å². The van der Waals surface area contributed by atoms with Crippen LogP contribution in [-0.2, 0) is 19.4 Å². The number of nitrogen functional groups attached to an aromatic ring is 1. The molecule has 1 aliphatic heterocycles. The van der Waals surface area contributed by atoms with Crippen LogP contribution < -0.4 is 21.3 Å². The summed E-state index contributed by atoms with van der Waals surface area (Å²) in [7, 11) is 3.92. The monoisotopic (exact) mass is 334 g/mol. The molecular weight excluding hydrogens is 312 g/mol. The van der Waals surface area contributed by atoms with Crippen molar-refractivity contribution in [3.63, 3.8) is 0 Å². The van der Waals surface area contributed by atoms with Crippen molar-refractivity contribution in [1.29, 1.82) is 0 Å². The molecule has 4 N–H and O–H groups in total. The third-order valence-electron chi connectivity index (χ3n) is 3.67. The highest BCUT2D eigenvalue weighted by Gasteiger charge is 2.18. The van der Waals surface area contributed by atoms with Crippen molar-refractivity contribution in [3.8, 4) is 0 Å². The van der Waals surface area contributed by atoms with Crippen LogP contribution in [0.15, 0.2) is 0 Å². The van der Waals surface area contributed by atoms with Gasteiger partial charge in [0.15, 0.2) is 0 Å². The van der Waals surface area contributed by atoms with Crippen molar-refractivity contribution in [3.05, 3.63) is 16.3 Å². The summed E-state index contributed by atoms with van der Waals surface area (Å²) in [6, 6.07) is 0. The Balaban J connectivity index is 1.65. The molecule has 0 radical (unpaired) electrons. The molecule has 124 valence electrons. The van der Waals surface area contributed by atoms with E-state index in [9.17, 15) is 0 Å². The van der Waals surface area contributed by atoms with Crippen LogP contribution in [-0.4, -0.2) is 47.4 Å². The Morgan fingerprint density at radius 3 is 2.91 bits per heavy atom. The maximum absolute atomic E-state index is 5.60. The first-order valence-electron chi connectivity index (χ1n) is 7.73. The van der Waals surface area contributed by atoms with E-state index in [-0.39, 0.29) is 0 Å². The lowest BCUT2D eigenvalue weighted by Crippen LogP contribution is -2.28. The van der Waals surface area contributed by atoms with Gasteiger partial charge < -0.3 is 21.3 Å².